The van der Waals surface area contributed by atoms with Gasteiger partial charge in [0.05, 0.1) is 13.2 Å². The Morgan fingerprint density at radius 1 is 1.59 bits per heavy atom. The van der Waals surface area contributed by atoms with Crippen LogP contribution in [0.4, 0.5) is 0 Å². The van der Waals surface area contributed by atoms with Crippen molar-refractivity contribution in [2.45, 2.75) is 32.9 Å². The lowest BCUT2D eigenvalue weighted by molar-refractivity contribution is 0.0695. The van der Waals surface area contributed by atoms with Crippen LogP contribution in [-0.2, 0) is 11.3 Å². The molecule has 1 aromatic heterocycles. The Hall–Kier alpha value is -1.33. The van der Waals surface area contributed by atoms with Crippen LogP contribution in [0.25, 0.3) is 0 Å². The fourth-order valence-electron chi connectivity index (χ4n) is 1.58. The van der Waals surface area contributed by atoms with Gasteiger partial charge < -0.3 is 19.6 Å². The summed E-state index contributed by atoms with van der Waals surface area (Å²) in [6, 6.07) is 1.55. The first-order valence-corrected chi connectivity index (χ1v) is 5.42. The maximum atomic E-state index is 10.8. The lowest BCUT2D eigenvalue weighted by Crippen LogP contribution is -2.42. The van der Waals surface area contributed by atoms with Crippen molar-refractivity contribution in [1.82, 2.24) is 5.32 Å². The molecule has 1 heterocycles. The number of aromatic carboxylic acids is 1. The highest BCUT2D eigenvalue weighted by Crippen LogP contribution is 2.15. The van der Waals surface area contributed by atoms with Crippen molar-refractivity contribution in [3.63, 3.8) is 0 Å². The summed E-state index contributed by atoms with van der Waals surface area (Å²) in [5, 5.41) is 12.1. The number of furan rings is 1. The number of ether oxygens (including phenoxy) is 1. The molecule has 1 rings (SSSR count). The minimum Gasteiger partial charge on any atom is -0.478 e. The zero-order valence-electron chi connectivity index (χ0n) is 10.7. The number of nitrogens with one attached hydrogen (secondary N) is 1. The first kappa shape index (κ1) is 13.7. The van der Waals surface area contributed by atoms with Crippen LogP contribution in [-0.4, -0.2) is 30.3 Å². The van der Waals surface area contributed by atoms with E-state index in [1.807, 2.05) is 13.8 Å². The van der Waals surface area contributed by atoms with E-state index < -0.39 is 5.97 Å². The van der Waals surface area contributed by atoms with Crippen LogP contribution >= 0.6 is 0 Å². The van der Waals surface area contributed by atoms with Gasteiger partial charge in [0.2, 0.25) is 0 Å². The predicted octanol–water partition coefficient (Wildman–Crippen LogP) is 1.80. The van der Waals surface area contributed by atoms with Gasteiger partial charge in [0.1, 0.15) is 17.1 Å². The number of rotatable bonds is 6. The van der Waals surface area contributed by atoms with E-state index in [2.05, 4.69) is 5.32 Å². The van der Waals surface area contributed by atoms with Crippen LogP contribution in [0.2, 0.25) is 0 Å². The largest absolute Gasteiger partial charge is 0.478 e. The van der Waals surface area contributed by atoms with Gasteiger partial charge in [-0.15, -0.1) is 0 Å². The average molecular weight is 241 g/mol. The molecule has 2 N–H and O–H groups in total. The normalized spacial score (nSPS) is 11.8. The monoisotopic (exact) mass is 241 g/mol. The van der Waals surface area contributed by atoms with Crippen LogP contribution < -0.4 is 5.32 Å². The Kier molecular flexibility index (Phi) is 4.31. The first-order chi connectivity index (χ1) is 7.85. The Labute approximate surface area is 101 Å². The SMILES string of the molecule is COCC(C)(C)NCc1cc(C(=O)O)c(C)o1. The highest BCUT2D eigenvalue weighted by atomic mass is 16.5. The molecule has 0 saturated heterocycles. The fraction of sp³-hybridized carbons (Fsp3) is 0.583. The third-order valence-corrected chi connectivity index (χ3v) is 2.45. The fourth-order valence-corrected chi connectivity index (χ4v) is 1.58. The molecule has 0 amide bonds. The van der Waals surface area contributed by atoms with Crippen molar-refractivity contribution in [2.75, 3.05) is 13.7 Å². The third-order valence-electron chi connectivity index (χ3n) is 2.45. The molecule has 0 unspecified atom stereocenters. The van der Waals surface area contributed by atoms with Crippen molar-refractivity contribution in [1.29, 1.82) is 0 Å². The summed E-state index contributed by atoms with van der Waals surface area (Å²) in [6.45, 7) is 6.70. The quantitative estimate of drug-likeness (QED) is 0.794. The molecule has 0 fully saturated rings. The summed E-state index contributed by atoms with van der Waals surface area (Å²) in [6.07, 6.45) is 0. The van der Waals surface area contributed by atoms with Gasteiger partial charge in [-0.1, -0.05) is 0 Å². The van der Waals surface area contributed by atoms with Crippen LogP contribution in [0.3, 0.4) is 0 Å². The highest BCUT2D eigenvalue weighted by molar-refractivity contribution is 5.88. The van der Waals surface area contributed by atoms with E-state index in [0.717, 1.165) is 0 Å². The number of methoxy groups -OCH3 is 1. The highest BCUT2D eigenvalue weighted by Gasteiger charge is 2.19. The second-order valence-electron chi connectivity index (χ2n) is 4.66. The van der Waals surface area contributed by atoms with Crippen molar-refractivity contribution in [3.05, 3.63) is 23.2 Å². The van der Waals surface area contributed by atoms with Gasteiger partial charge in [-0.3, -0.25) is 0 Å². The molecule has 0 bridgehead atoms. The van der Waals surface area contributed by atoms with E-state index in [9.17, 15) is 4.79 Å². The predicted molar refractivity (Wildman–Crippen MR) is 63.2 cm³/mol. The van der Waals surface area contributed by atoms with E-state index >= 15 is 0 Å². The molecule has 17 heavy (non-hydrogen) atoms. The molecule has 5 nitrogen and oxygen atoms in total. The summed E-state index contributed by atoms with van der Waals surface area (Å²) in [5.74, 6) is 0.0802. The lowest BCUT2D eigenvalue weighted by atomic mass is 10.1. The van der Waals surface area contributed by atoms with Crippen LogP contribution in [0.5, 0.6) is 0 Å². The number of aryl methyl sites for hydroxylation is 1. The molecule has 0 saturated carbocycles. The summed E-state index contributed by atoms with van der Waals surface area (Å²) in [5.41, 5.74) is 0.0325. The number of hydrogen-bond acceptors (Lipinski definition) is 4. The van der Waals surface area contributed by atoms with Gasteiger partial charge in [0, 0.05) is 12.6 Å². The van der Waals surface area contributed by atoms with Crippen molar-refractivity contribution >= 4 is 5.97 Å². The zero-order valence-corrected chi connectivity index (χ0v) is 10.7. The average Bonchev–Trinajstić information content (AvgIpc) is 2.57. The van der Waals surface area contributed by atoms with E-state index in [4.69, 9.17) is 14.3 Å². The number of carboxylic acids is 1. The van der Waals surface area contributed by atoms with Gasteiger partial charge in [-0.25, -0.2) is 4.79 Å². The Bertz CT molecular complexity index is 395. The van der Waals surface area contributed by atoms with E-state index in [-0.39, 0.29) is 11.1 Å². The second kappa shape index (κ2) is 5.33. The molecule has 0 aromatic carbocycles. The minimum atomic E-state index is -0.964. The van der Waals surface area contributed by atoms with E-state index in [1.54, 1.807) is 20.1 Å². The first-order valence-electron chi connectivity index (χ1n) is 5.42. The molecular weight excluding hydrogens is 222 g/mol. The molecule has 5 heteroatoms. The standard InChI is InChI=1S/C12H19NO4/c1-8-10(11(14)15)5-9(17-8)6-13-12(2,3)7-16-4/h5,13H,6-7H2,1-4H3,(H,14,15). The molecule has 0 aliphatic rings. The Balaban J connectivity index is 2.64. The molecular formula is C12H19NO4. The molecule has 1 aromatic rings. The number of carbonyl (C=O) groups is 1. The number of hydrogen-bond donors (Lipinski definition) is 2. The molecule has 0 aliphatic heterocycles. The zero-order chi connectivity index (χ0) is 13.1. The van der Waals surface area contributed by atoms with Gasteiger partial charge >= 0.3 is 5.97 Å². The van der Waals surface area contributed by atoms with E-state index in [1.165, 1.54) is 0 Å². The van der Waals surface area contributed by atoms with Crippen molar-refractivity contribution < 1.29 is 19.1 Å². The summed E-state index contributed by atoms with van der Waals surface area (Å²) < 4.78 is 10.4. The van der Waals surface area contributed by atoms with Gasteiger partial charge in [0.25, 0.3) is 0 Å². The van der Waals surface area contributed by atoms with Crippen LogP contribution in [0.15, 0.2) is 10.5 Å². The van der Waals surface area contributed by atoms with Gasteiger partial charge in [-0.05, 0) is 26.8 Å². The summed E-state index contributed by atoms with van der Waals surface area (Å²) in [7, 11) is 1.64. The molecule has 0 spiro atoms. The van der Waals surface area contributed by atoms with Gasteiger partial charge in [0.15, 0.2) is 0 Å². The third kappa shape index (κ3) is 3.87. The molecule has 96 valence electrons. The van der Waals surface area contributed by atoms with Gasteiger partial charge in [-0.2, -0.15) is 0 Å². The summed E-state index contributed by atoms with van der Waals surface area (Å²) >= 11 is 0. The topological polar surface area (TPSA) is 71.7 Å². The smallest absolute Gasteiger partial charge is 0.339 e. The molecule has 0 radical (unpaired) electrons. The van der Waals surface area contributed by atoms with Crippen LogP contribution in [0, 0.1) is 6.92 Å². The molecule has 0 atom stereocenters. The Morgan fingerprint density at radius 3 is 2.71 bits per heavy atom. The van der Waals surface area contributed by atoms with Crippen molar-refractivity contribution in [2.24, 2.45) is 0 Å². The Morgan fingerprint density at radius 2 is 2.24 bits per heavy atom. The summed E-state index contributed by atoms with van der Waals surface area (Å²) in [4.78, 5) is 10.8. The van der Waals surface area contributed by atoms with Crippen molar-refractivity contribution in [3.8, 4) is 0 Å². The maximum absolute atomic E-state index is 10.8. The second-order valence-corrected chi connectivity index (χ2v) is 4.66. The lowest BCUT2D eigenvalue weighted by Gasteiger charge is -2.24. The van der Waals surface area contributed by atoms with Crippen LogP contribution in [0.1, 0.15) is 35.7 Å². The molecule has 0 aliphatic carbocycles. The maximum Gasteiger partial charge on any atom is 0.339 e. The minimum absolute atomic E-state index is 0.182. The number of carboxylic acid groups (broad SMARTS) is 1. The van der Waals surface area contributed by atoms with E-state index in [0.29, 0.717) is 24.7 Å².